The second-order valence-electron chi connectivity index (χ2n) is 10.2. The molecular formula is C27H33NO6. The van der Waals surface area contributed by atoms with Crippen LogP contribution in [0.5, 0.6) is 17.2 Å². The molecule has 2 aromatic carbocycles. The molecule has 4 atom stereocenters. The molecule has 7 heteroatoms. The number of hydrogen-bond donors (Lipinski definition) is 1. The molecule has 3 heterocycles. The quantitative estimate of drug-likeness (QED) is 0.679. The Morgan fingerprint density at radius 1 is 1.18 bits per heavy atom. The molecule has 3 aliphatic heterocycles. The number of hydrogen-bond acceptors (Lipinski definition) is 6. The fraction of sp³-hybridized carbons (Fsp3) is 0.519. The van der Waals surface area contributed by atoms with Crippen molar-refractivity contribution >= 4 is 5.97 Å². The zero-order valence-corrected chi connectivity index (χ0v) is 20.0. The van der Waals surface area contributed by atoms with Crippen molar-refractivity contribution in [1.29, 1.82) is 0 Å². The summed E-state index contributed by atoms with van der Waals surface area (Å²) in [5.41, 5.74) is 2.01. The second kappa shape index (κ2) is 9.12. The van der Waals surface area contributed by atoms with Crippen molar-refractivity contribution in [2.24, 2.45) is 11.8 Å². The van der Waals surface area contributed by atoms with Crippen LogP contribution in [0.4, 0.5) is 0 Å². The van der Waals surface area contributed by atoms with Crippen molar-refractivity contribution in [3.8, 4) is 17.2 Å². The van der Waals surface area contributed by atoms with Crippen molar-refractivity contribution in [3.05, 3.63) is 53.6 Å². The van der Waals surface area contributed by atoms with Crippen LogP contribution in [-0.2, 0) is 16.1 Å². The van der Waals surface area contributed by atoms with Crippen LogP contribution in [0.15, 0.2) is 42.5 Å². The average Bonchev–Trinajstić information content (AvgIpc) is 2.82. The van der Waals surface area contributed by atoms with Gasteiger partial charge in [0, 0.05) is 37.2 Å². The third-order valence-electron chi connectivity index (χ3n) is 7.48. The molecule has 0 bridgehead atoms. The number of ether oxygens (including phenoxy) is 4. The van der Waals surface area contributed by atoms with Gasteiger partial charge in [0.25, 0.3) is 0 Å². The molecule has 7 nitrogen and oxygen atoms in total. The van der Waals surface area contributed by atoms with E-state index in [0.29, 0.717) is 17.6 Å². The minimum Gasteiger partial charge on any atom is -0.497 e. The molecule has 0 radical (unpaired) electrons. The van der Waals surface area contributed by atoms with E-state index >= 15 is 0 Å². The number of carboxylic acid groups (broad SMARTS) is 1. The standard InChI is InChI=1S/C27H33NO6/c1-27(2)22-12-18-15-28(14-17-4-6-19(7-5-17)32-16-25(29)30)11-10-23(18)33-26(22)21-9-8-20(31-3)13-24(21)34-27/h4-9,13,18,22-23,26H,10-12,14-16H2,1-3H3,(H,29,30)/t18-,22+,23+,26-/m1/s1. The largest absolute Gasteiger partial charge is 0.497 e. The lowest BCUT2D eigenvalue weighted by Gasteiger charge is -2.53. The Morgan fingerprint density at radius 3 is 2.68 bits per heavy atom. The summed E-state index contributed by atoms with van der Waals surface area (Å²) in [6, 6.07) is 13.8. The molecule has 182 valence electrons. The lowest BCUT2D eigenvalue weighted by Crippen LogP contribution is -2.55. The monoisotopic (exact) mass is 467 g/mol. The van der Waals surface area contributed by atoms with Gasteiger partial charge in [0.05, 0.1) is 19.3 Å². The van der Waals surface area contributed by atoms with Crippen LogP contribution in [0, 0.1) is 11.8 Å². The fourth-order valence-electron chi connectivity index (χ4n) is 5.72. The van der Waals surface area contributed by atoms with E-state index < -0.39 is 5.97 Å². The summed E-state index contributed by atoms with van der Waals surface area (Å²) in [6.45, 7) is 6.87. The third-order valence-corrected chi connectivity index (χ3v) is 7.48. The van der Waals surface area contributed by atoms with Gasteiger partial charge >= 0.3 is 5.97 Å². The first-order valence-corrected chi connectivity index (χ1v) is 12.0. The van der Waals surface area contributed by atoms with E-state index in [9.17, 15) is 4.79 Å². The summed E-state index contributed by atoms with van der Waals surface area (Å²) < 4.78 is 23.9. The molecule has 0 amide bonds. The predicted octanol–water partition coefficient (Wildman–Crippen LogP) is 4.30. The normalized spacial score (nSPS) is 27.5. The molecule has 0 spiro atoms. The smallest absolute Gasteiger partial charge is 0.341 e. The summed E-state index contributed by atoms with van der Waals surface area (Å²) in [5.74, 6) is 2.04. The van der Waals surface area contributed by atoms with Gasteiger partial charge in [-0.3, -0.25) is 4.90 Å². The number of likely N-dealkylation sites (tertiary alicyclic amines) is 1. The molecule has 2 fully saturated rings. The van der Waals surface area contributed by atoms with E-state index in [1.807, 2.05) is 36.4 Å². The van der Waals surface area contributed by atoms with Crippen LogP contribution >= 0.6 is 0 Å². The van der Waals surface area contributed by atoms with Gasteiger partial charge in [-0.15, -0.1) is 0 Å². The molecular weight excluding hydrogens is 434 g/mol. The lowest BCUT2D eigenvalue weighted by atomic mass is 9.70. The number of carboxylic acids is 1. The summed E-state index contributed by atoms with van der Waals surface area (Å²) in [4.78, 5) is 13.2. The van der Waals surface area contributed by atoms with Gasteiger partial charge < -0.3 is 24.1 Å². The SMILES string of the molecule is COc1ccc2c(c1)OC(C)(C)[C@H]1C[C@@H]3CN(Cc4ccc(OCC(=O)O)cc4)CC[C@@H]3O[C@H]21. The Hall–Kier alpha value is -2.77. The number of methoxy groups -OCH3 is 1. The lowest BCUT2D eigenvalue weighted by molar-refractivity contribution is -0.187. The molecule has 0 saturated carbocycles. The number of aliphatic carboxylic acids is 1. The first kappa shape index (κ1) is 23.0. The first-order valence-electron chi connectivity index (χ1n) is 12.0. The fourth-order valence-corrected chi connectivity index (χ4v) is 5.72. The summed E-state index contributed by atoms with van der Waals surface area (Å²) in [7, 11) is 1.68. The van der Waals surface area contributed by atoms with E-state index in [-0.39, 0.29) is 24.4 Å². The van der Waals surface area contributed by atoms with E-state index in [2.05, 4.69) is 24.8 Å². The zero-order chi connectivity index (χ0) is 23.9. The molecule has 5 rings (SSSR count). The Kier molecular flexibility index (Phi) is 6.16. The van der Waals surface area contributed by atoms with Crippen LogP contribution in [-0.4, -0.2) is 54.5 Å². The average molecular weight is 468 g/mol. The molecule has 2 saturated heterocycles. The number of rotatable bonds is 6. The van der Waals surface area contributed by atoms with E-state index in [1.165, 1.54) is 5.56 Å². The van der Waals surface area contributed by atoms with Gasteiger partial charge in [-0.05, 0) is 62.4 Å². The summed E-state index contributed by atoms with van der Waals surface area (Å²) >= 11 is 0. The van der Waals surface area contributed by atoms with Crippen LogP contribution in [0.25, 0.3) is 0 Å². The molecule has 3 aliphatic rings. The Labute approximate surface area is 200 Å². The summed E-state index contributed by atoms with van der Waals surface area (Å²) in [5, 5.41) is 8.76. The number of carbonyl (C=O) groups is 1. The highest BCUT2D eigenvalue weighted by Gasteiger charge is 2.51. The van der Waals surface area contributed by atoms with E-state index in [0.717, 1.165) is 49.5 Å². The highest BCUT2D eigenvalue weighted by Crippen LogP contribution is 2.53. The maximum Gasteiger partial charge on any atom is 0.341 e. The highest BCUT2D eigenvalue weighted by molar-refractivity contribution is 5.68. The van der Waals surface area contributed by atoms with Crippen molar-refractivity contribution in [2.75, 3.05) is 26.8 Å². The van der Waals surface area contributed by atoms with Crippen molar-refractivity contribution < 1.29 is 28.8 Å². The Balaban J connectivity index is 1.25. The van der Waals surface area contributed by atoms with Gasteiger partial charge in [0.2, 0.25) is 0 Å². The molecule has 0 unspecified atom stereocenters. The van der Waals surface area contributed by atoms with Crippen LogP contribution in [0.1, 0.15) is 43.9 Å². The molecule has 1 N–H and O–H groups in total. The van der Waals surface area contributed by atoms with Crippen LogP contribution < -0.4 is 14.2 Å². The van der Waals surface area contributed by atoms with Gasteiger partial charge in [-0.25, -0.2) is 4.79 Å². The van der Waals surface area contributed by atoms with E-state index in [4.69, 9.17) is 24.1 Å². The number of fused-ring (bicyclic) bond motifs is 4. The van der Waals surface area contributed by atoms with Crippen molar-refractivity contribution in [1.82, 2.24) is 4.90 Å². The third kappa shape index (κ3) is 4.59. The highest BCUT2D eigenvalue weighted by atomic mass is 16.5. The van der Waals surface area contributed by atoms with Gasteiger partial charge in [0.15, 0.2) is 6.61 Å². The Bertz CT molecular complexity index is 1040. The zero-order valence-electron chi connectivity index (χ0n) is 20.0. The predicted molar refractivity (Wildman–Crippen MR) is 126 cm³/mol. The summed E-state index contributed by atoms with van der Waals surface area (Å²) in [6.07, 6.45) is 2.40. The van der Waals surface area contributed by atoms with Gasteiger partial charge in [-0.1, -0.05) is 12.1 Å². The van der Waals surface area contributed by atoms with E-state index in [1.54, 1.807) is 7.11 Å². The minimum atomic E-state index is -0.973. The van der Waals surface area contributed by atoms with Crippen molar-refractivity contribution in [2.45, 2.75) is 51.0 Å². The van der Waals surface area contributed by atoms with Crippen molar-refractivity contribution in [3.63, 3.8) is 0 Å². The van der Waals surface area contributed by atoms with Crippen LogP contribution in [0.3, 0.4) is 0 Å². The Morgan fingerprint density at radius 2 is 1.94 bits per heavy atom. The topological polar surface area (TPSA) is 77.5 Å². The number of piperidine rings is 1. The molecule has 0 aromatic heterocycles. The number of nitrogens with zero attached hydrogens (tertiary/aromatic N) is 1. The number of benzene rings is 2. The first-order chi connectivity index (χ1) is 16.3. The van der Waals surface area contributed by atoms with Gasteiger partial charge in [-0.2, -0.15) is 0 Å². The molecule has 0 aliphatic carbocycles. The molecule has 2 aromatic rings. The second-order valence-corrected chi connectivity index (χ2v) is 10.2. The van der Waals surface area contributed by atoms with Crippen LogP contribution in [0.2, 0.25) is 0 Å². The minimum absolute atomic E-state index is 0.0517. The molecule has 34 heavy (non-hydrogen) atoms. The maximum absolute atomic E-state index is 10.7. The maximum atomic E-state index is 10.7. The van der Waals surface area contributed by atoms with Gasteiger partial charge in [0.1, 0.15) is 22.8 Å².